The molecule has 2 aliphatic rings. The molecule has 1 heterocycles. The van der Waals surface area contributed by atoms with Crippen LogP contribution in [-0.2, 0) is 14.3 Å². The fourth-order valence-electron chi connectivity index (χ4n) is 2.64. The summed E-state index contributed by atoms with van der Waals surface area (Å²) >= 11 is 3.37. The van der Waals surface area contributed by atoms with Gasteiger partial charge in [0, 0.05) is 12.8 Å². The Bertz CT molecular complexity index is 546. The van der Waals surface area contributed by atoms with E-state index in [1.165, 1.54) is 0 Å². The molecule has 2 fully saturated rings. The van der Waals surface area contributed by atoms with Gasteiger partial charge in [0.25, 0.3) is 0 Å². The van der Waals surface area contributed by atoms with Crippen molar-refractivity contribution in [1.29, 1.82) is 0 Å². The van der Waals surface area contributed by atoms with Crippen molar-refractivity contribution in [1.82, 2.24) is 0 Å². The van der Waals surface area contributed by atoms with Gasteiger partial charge in [-0.3, -0.25) is 0 Å². The van der Waals surface area contributed by atoms with Crippen molar-refractivity contribution < 1.29 is 24.2 Å². The number of alkyl halides is 1. The lowest BCUT2D eigenvalue weighted by atomic mass is 9.84. The summed E-state index contributed by atoms with van der Waals surface area (Å²) in [6.45, 7) is 0. The number of hydrogen-bond donors (Lipinski definition) is 1. The average molecular weight is 341 g/mol. The van der Waals surface area contributed by atoms with Gasteiger partial charge in [-0.1, -0.05) is 34.1 Å². The van der Waals surface area contributed by atoms with E-state index < -0.39 is 29.7 Å². The smallest absolute Gasteiger partial charge is 0.338 e. The molecule has 6 heteroatoms. The van der Waals surface area contributed by atoms with Crippen molar-refractivity contribution >= 4 is 27.9 Å². The van der Waals surface area contributed by atoms with Crippen LogP contribution >= 0.6 is 15.9 Å². The van der Waals surface area contributed by atoms with Crippen LogP contribution in [0.25, 0.3) is 0 Å². The van der Waals surface area contributed by atoms with Gasteiger partial charge in [-0.25, -0.2) is 9.59 Å². The van der Waals surface area contributed by atoms with Crippen LogP contribution in [0.2, 0.25) is 0 Å². The summed E-state index contributed by atoms with van der Waals surface area (Å²) in [5, 5.41) is 10.1. The summed E-state index contributed by atoms with van der Waals surface area (Å²) in [4.78, 5) is 23.3. The molecule has 0 amide bonds. The number of fused-ring (bicyclic) bond motifs is 2. The Balaban J connectivity index is 1.75. The van der Waals surface area contributed by atoms with E-state index in [-0.39, 0.29) is 17.7 Å². The molecule has 0 aromatic heterocycles. The summed E-state index contributed by atoms with van der Waals surface area (Å²) < 4.78 is 10.6. The Hall–Kier alpha value is -1.40. The van der Waals surface area contributed by atoms with Gasteiger partial charge in [-0.15, -0.1) is 0 Å². The minimum Gasteiger partial charge on any atom is -0.456 e. The highest BCUT2D eigenvalue weighted by atomic mass is 79.9. The molecule has 1 aromatic carbocycles. The lowest BCUT2D eigenvalue weighted by Crippen LogP contribution is -2.48. The lowest BCUT2D eigenvalue weighted by molar-refractivity contribution is -0.154. The Morgan fingerprint density at radius 1 is 1.35 bits per heavy atom. The maximum atomic E-state index is 12.0. The van der Waals surface area contributed by atoms with E-state index in [1.54, 1.807) is 24.3 Å². The van der Waals surface area contributed by atoms with E-state index >= 15 is 0 Å². The maximum Gasteiger partial charge on any atom is 0.338 e. The van der Waals surface area contributed by atoms with Crippen molar-refractivity contribution in [3.05, 3.63) is 35.9 Å². The molecule has 1 aliphatic carbocycles. The predicted molar refractivity (Wildman–Crippen MR) is 72.4 cm³/mol. The van der Waals surface area contributed by atoms with Crippen LogP contribution in [-0.4, -0.2) is 39.7 Å². The minimum atomic E-state index is -1.45. The first-order valence-corrected chi connectivity index (χ1v) is 7.25. The number of halogens is 1. The van der Waals surface area contributed by atoms with E-state index in [9.17, 15) is 14.7 Å². The zero-order chi connectivity index (χ0) is 14.3. The van der Waals surface area contributed by atoms with E-state index in [4.69, 9.17) is 9.47 Å². The predicted octanol–water partition coefficient (Wildman–Crippen LogP) is 1.43. The number of carbonyl (C=O) groups excluding carboxylic acids is 2. The molecule has 2 bridgehead atoms. The van der Waals surface area contributed by atoms with Crippen molar-refractivity contribution in [2.45, 2.75) is 35.5 Å². The zero-order valence-corrected chi connectivity index (χ0v) is 12.1. The number of aliphatic hydroxyl groups is 1. The van der Waals surface area contributed by atoms with Gasteiger partial charge < -0.3 is 14.6 Å². The first-order chi connectivity index (χ1) is 9.49. The third kappa shape index (κ3) is 2.23. The molecule has 3 rings (SSSR count). The molecular weight excluding hydrogens is 328 g/mol. The van der Waals surface area contributed by atoms with Gasteiger partial charge in [-0.05, 0) is 12.1 Å². The van der Waals surface area contributed by atoms with Crippen LogP contribution in [0.5, 0.6) is 0 Å². The van der Waals surface area contributed by atoms with Gasteiger partial charge >= 0.3 is 11.9 Å². The summed E-state index contributed by atoms with van der Waals surface area (Å²) in [5.41, 5.74) is -1.01. The quantitative estimate of drug-likeness (QED) is 0.651. The highest BCUT2D eigenvalue weighted by Gasteiger charge is 2.58. The molecule has 1 aliphatic heterocycles. The Morgan fingerprint density at radius 2 is 2.05 bits per heavy atom. The second-order valence-electron chi connectivity index (χ2n) is 5.14. The van der Waals surface area contributed by atoms with Crippen molar-refractivity contribution in [2.24, 2.45) is 0 Å². The van der Waals surface area contributed by atoms with Gasteiger partial charge in [0.05, 0.1) is 10.4 Å². The molecular formula is C14H13BrO5. The molecule has 4 unspecified atom stereocenters. The molecule has 5 nitrogen and oxygen atoms in total. The Morgan fingerprint density at radius 3 is 2.75 bits per heavy atom. The SMILES string of the molecule is O=C(OC1C(Br)CC2(O)CC1OC2=O)c1ccccc1. The number of benzene rings is 1. The van der Waals surface area contributed by atoms with Crippen LogP contribution < -0.4 is 0 Å². The molecule has 1 aromatic rings. The van der Waals surface area contributed by atoms with Crippen molar-refractivity contribution in [3.8, 4) is 0 Å². The van der Waals surface area contributed by atoms with Gasteiger partial charge in [-0.2, -0.15) is 0 Å². The van der Waals surface area contributed by atoms with Crippen LogP contribution in [0.1, 0.15) is 23.2 Å². The molecule has 4 atom stereocenters. The van der Waals surface area contributed by atoms with E-state index in [1.807, 2.05) is 6.07 Å². The van der Waals surface area contributed by atoms with E-state index in [0.29, 0.717) is 5.56 Å². The summed E-state index contributed by atoms with van der Waals surface area (Å²) in [6, 6.07) is 8.62. The first kappa shape index (κ1) is 13.6. The summed E-state index contributed by atoms with van der Waals surface area (Å²) in [5.74, 6) is -1.10. The highest BCUT2D eigenvalue weighted by Crippen LogP contribution is 2.42. The molecule has 0 radical (unpaired) electrons. The first-order valence-electron chi connectivity index (χ1n) is 6.33. The highest BCUT2D eigenvalue weighted by molar-refractivity contribution is 9.09. The van der Waals surface area contributed by atoms with E-state index in [2.05, 4.69) is 15.9 Å². The van der Waals surface area contributed by atoms with Gasteiger partial charge in [0.1, 0.15) is 6.10 Å². The van der Waals surface area contributed by atoms with Gasteiger partial charge in [0.15, 0.2) is 11.7 Å². The van der Waals surface area contributed by atoms with Crippen LogP contribution in [0.4, 0.5) is 0 Å². The fraction of sp³-hybridized carbons (Fsp3) is 0.429. The molecule has 1 N–H and O–H groups in total. The lowest BCUT2D eigenvalue weighted by Gasteiger charge is -2.33. The van der Waals surface area contributed by atoms with Crippen molar-refractivity contribution in [2.75, 3.05) is 0 Å². The van der Waals surface area contributed by atoms with Crippen molar-refractivity contribution in [3.63, 3.8) is 0 Å². The monoisotopic (exact) mass is 340 g/mol. The normalized spacial score (nSPS) is 35.5. The summed E-state index contributed by atoms with van der Waals surface area (Å²) in [6.07, 6.45) is -0.844. The summed E-state index contributed by atoms with van der Waals surface area (Å²) in [7, 11) is 0. The third-order valence-corrected chi connectivity index (χ3v) is 4.53. The maximum absolute atomic E-state index is 12.0. The van der Waals surface area contributed by atoms with Crippen LogP contribution in [0.15, 0.2) is 30.3 Å². The second kappa shape index (κ2) is 4.86. The number of ether oxygens (including phenoxy) is 2. The standard InChI is InChI=1S/C14H13BrO5/c15-9-6-14(18)7-10(19-13(14)17)11(9)20-12(16)8-4-2-1-3-5-8/h1-5,9-11,18H,6-7H2. The molecule has 20 heavy (non-hydrogen) atoms. The average Bonchev–Trinajstić information content (AvgIpc) is 2.67. The Kier molecular flexibility index (Phi) is 3.30. The van der Waals surface area contributed by atoms with E-state index in [0.717, 1.165) is 0 Å². The molecule has 106 valence electrons. The molecule has 0 spiro atoms. The number of hydrogen-bond acceptors (Lipinski definition) is 5. The van der Waals surface area contributed by atoms with Gasteiger partial charge in [0.2, 0.25) is 0 Å². The number of rotatable bonds is 2. The fourth-order valence-corrected chi connectivity index (χ4v) is 3.63. The molecule has 1 saturated heterocycles. The third-order valence-electron chi connectivity index (χ3n) is 3.69. The topological polar surface area (TPSA) is 72.8 Å². The van der Waals surface area contributed by atoms with Crippen LogP contribution in [0, 0.1) is 0 Å². The van der Waals surface area contributed by atoms with Crippen LogP contribution in [0.3, 0.4) is 0 Å². The molecule has 1 saturated carbocycles. The largest absolute Gasteiger partial charge is 0.456 e. The zero-order valence-electron chi connectivity index (χ0n) is 10.5. The minimum absolute atomic E-state index is 0.167. The number of esters is 2. The second-order valence-corrected chi connectivity index (χ2v) is 6.31. The number of carbonyl (C=O) groups is 2. The Labute approximate surface area is 124 Å².